The van der Waals surface area contributed by atoms with Crippen molar-refractivity contribution >= 4 is 5.96 Å². The van der Waals surface area contributed by atoms with Crippen LogP contribution < -0.4 is 5.73 Å². The van der Waals surface area contributed by atoms with E-state index >= 15 is 0 Å². The number of benzene rings is 1. The van der Waals surface area contributed by atoms with Crippen molar-refractivity contribution in [2.75, 3.05) is 26.9 Å². The van der Waals surface area contributed by atoms with Crippen molar-refractivity contribution in [1.82, 2.24) is 9.88 Å². The van der Waals surface area contributed by atoms with E-state index in [0.29, 0.717) is 24.5 Å². The number of alkyl halides is 1. The topological polar surface area (TPSA) is 76.9 Å². The van der Waals surface area contributed by atoms with Crippen molar-refractivity contribution < 1.29 is 13.5 Å². The lowest BCUT2D eigenvalue weighted by Gasteiger charge is -2.42. The van der Waals surface area contributed by atoms with Crippen LogP contribution in [0, 0.1) is 5.41 Å². The van der Waals surface area contributed by atoms with Gasteiger partial charge in [0.05, 0.1) is 18.8 Å². The highest BCUT2D eigenvalue weighted by Crippen LogP contribution is 2.44. The Hall–Kier alpha value is -2.41. The largest absolute Gasteiger partial charge is 0.445 e. The Morgan fingerprint density at radius 3 is 2.80 bits per heavy atom. The molecule has 1 saturated carbocycles. The second-order valence-electron chi connectivity index (χ2n) is 8.53. The Balaban J connectivity index is 1.69. The van der Waals surface area contributed by atoms with Crippen LogP contribution in [0.5, 0.6) is 0 Å². The minimum absolute atomic E-state index is 0.167. The molecule has 0 bridgehead atoms. The molecule has 1 aromatic carbocycles. The molecule has 0 amide bonds. The average Bonchev–Trinajstić information content (AvgIpc) is 3.31. The third-order valence-electron chi connectivity index (χ3n) is 6.78. The zero-order valence-electron chi connectivity index (χ0n) is 17.6. The summed E-state index contributed by atoms with van der Waals surface area (Å²) in [5.41, 5.74) is 9.80. The van der Waals surface area contributed by atoms with Crippen molar-refractivity contribution in [3.8, 4) is 11.5 Å². The van der Waals surface area contributed by atoms with E-state index in [1.54, 1.807) is 19.6 Å². The predicted molar refractivity (Wildman–Crippen MR) is 115 cm³/mol. The maximum Gasteiger partial charge on any atom is 0.225 e. The van der Waals surface area contributed by atoms with Crippen LogP contribution in [-0.4, -0.2) is 48.8 Å². The van der Waals surface area contributed by atoms with E-state index in [4.69, 9.17) is 14.9 Å². The standard InChI is InChI=1S/C23H31FN4O2/c1-29-20-4-6-23(7-5-20)8-11-28(12-9-24)22(25)27-16-19-14-17(2-3-18(19)15-23)21-26-10-13-30-21/h2-3,10,13-14,20H,4-9,11-12,15-16H2,1H3,(H2,25,27)/t20-,23+. The molecule has 2 aliphatic rings. The minimum Gasteiger partial charge on any atom is -0.445 e. The van der Waals surface area contributed by atoms with E-state index in [1.165, 1.54) is 5.56 Å². The molecule has 2 heterocycles. The van der Waals surface area contributed by atoms with Gasteiger partial charge in [-0.15, -0.1) is 0 Å². The molecule has 1 aliphatic carbocycles. The lowest BCUT2D eigenvalue weighted by atomic mass is 9.67. The van der Waals surface area contributed by atoms with Crippen molar-refractivity contribution in [2.24, 2.45) is 16.1 Å². The fraction of sp³-hybridized carbons (Fsp3) is 0.565. The van der Waals surface area contributed by atoms with Gasteiger partial charge in [-0.2, -0.15) is 0 Å². The molecule has 1 aliphatic heterocycles. The number of aliphatic imine (C=N–C) groups is 1. The summed E-state index contributed by atoms with van der Waals surface area (Å²) in [6, 6.07) is 6.37. The SMILES string of the molecule is CO[C@H]1CC[C@]2(CCN(CCF)/C(N)=N\Cc3cc(-c4ncco4)ccc3C2)CC1. The number of methoxy groups -OCH3 is 1. The first-order chi connectivity index (χ1) is 14.6. The highest BCUT2D eigenvalue weighted by Gasteiger charge is 2.36. The number of fused-ring (bicyclic) bond motifs is 1. The number of nitrogens with two attached hydrogens (primary N) is 1. The fourth-order valence-electron chi connectivity index (χ4n) is 4.88. The first-order valence-electron chi connectivity index (χ1n) is 10.8. The van der Waals surface area contributed by atoms with E-state index in [0.717, 1.165) is 56.2 Å². The molecule has 162 valence electrons. The molecule has 0 atom stereocenters. The highest BCUT2D eigenvalue weighted by atomic mass is 19.1. The summed E-state index contributed by atoms with van der Waals surface area (Å²) >= 11 is 0. The zero-order valence-corrected chi connectivity index (χ0v) is 17.6. The Morgan fingerprint density at radius 2 is 2.10 bits per heavy atom. The second kappa shape index (κ2) is 9.16. The van der Waals surface area contributed by atoms with Crippen LogP contribution >= 0.6 is 0 Å². The molecule has 1 spiro atoms. The molecule has 6 nitrogen and oxygen atoms in total. The molecule has 4 rings (SSSR count). The first-order valence-corrected chi connectivity index (χ1v) is 10.8. The van der Waals surface area contributed by atoms with Gasteiger partial charge in [-0.3, -0.25) is 0 Å². The summed E-state index contributed by atoms with van der Waals surface area (Å²) in [6.07, 6.45) is 9.86. The lowest BCUT2D eigenvalue weighted by Crippen LogP contribution is -2.43. The van der Waals surface area contributed by atoms with Crippen LogP contribution in [0.15, 0.2) is 40.1 Å². The maximum absolute atomic E-state index is 13.2. The summed E-state index contributed by atoms with van der Waals surface area (Å²) in [4.78, 5) is 10.8. The Labute approximate surface area is 177 Å². The average molecular weight is 415 g/mol. The number of nitrogens with zero attached hydrogens (tertiary/aromatic N) is 3. The van der Waals surface area contributed by atoms with Crippen LogP contribution in [0.1, 0.15) is 43.2 Å². The molecule has 7 heteroatoms. The lowest BCUT2D eigenvalue weighted by molar-refractivity contribution is 0.0209. The summed E-state index contributed by atoms with van der Waals surface area (Å²) in [7, 11) is 1.80. The van der Waals surface area contributed by atoms with Gasteiger partial charge in [0.25, 0.3) is 0 Å². The molecule has 0 unspecified atom stereocenters. The van der Waals surface area contributed by atoms with E-state index in [9.17, 15) is 4.39 Å². The third kappa shape index (κ3) is 4.51. The van der Waals surface area contributed by atoms with Gasteiger partial charge < -0.3 is 19.8 Å². The number of hydrogen-bond acceptors (Lipinski definition) is 6. The Kier molecular flexibility index (Phi) is 6.37. The first kappa shape index (κ1) is 20.8. The van der Waals surface area contributed by atoms with Gasteiger partial charge in [0.15, 0.2) is 5.96 Å². The van der Waals surface area contributed by atoms with Gasteiger partial charge in [0.2, 0.25) is 5.89 Å². The van der Waals surface area contributed by atoms with Crippen molar-refractivity contribution in [3.05, 3.63) is 41.8 Å². The van der Waals surface area contributed by atoms with Gasteiger partial charge >= 0.3 is 0 Å². The summed E-state index contributed by atoms with van der Waals surface area (Å²) in [6.45, 7) is 1.06. The van der Waals surface area contributed by atoms with Gasteiger partial charge in [0, 0.05) is 25.8 Å². The Bertz CT molecular complexity index is 860. The smallest absolute Gasteiger partial charge is 0.225 e. The number of oxazole rings is 1. The predicted octanol–water partition coefficient (Wildman–Crippen LogP) is 3.95. The number of aromatic nitrogens is 1. The minimum atomic E-state index is -0.431. The molecule has 0 radical (unpaired) electrons. The number of rotatable bonds is 4. The fourth-order valence-corrected chi connectivity index (χ4v) is 4.88. The zero-order chi connectivity index (χ0) is 21.0. The van der Waals surface area contributed by atoms with Gasteiger partial charge in [-0.05, 0) is 67.2 Å². The number of guanidine groups is 1. The van der Waals surface area contributed by atoms with E-state index in [2.05, 4.69) is 28.2 Å². The molecule has 1 aromatic heterocycles. The van der Waals surface area contributed by atoms with Crippen molar-refractivity contribution in [3.63, 3.8) is 0 Å². The molecular formula is C23H31FN4O2. The van der Waals surface area contributed by atoms with E-state index in [1.807, 2.05) is 4.90 Å². The molecule has 2 aromatic rings. The van der Waals surface area contributed by atoms with Crippen LogP contribution in [0.2, 0.25) is 0 Å². The van der Waals surface area contributed by atoms with E-state index < -0.39 is 6.67 Å². The summed E-state index contributed by atoms with van der Waals surface area (Å²) in [5.74, 6) is 1.02. The maximum atomic E-state index is 13.2. The summed E-state index contributed by atoms with van der Waals surface area (Å²) in [5, 5.41) is 0. The van der Waals surface area contributed by atoms with Crippen LogP contribution in [0.25, 0.3) is 11.5 Å². The second-order valence-corrected chi connectivity index (χ2v) is 8.53. The molecule has 1 fully saturated rings. The third-order valence-corrected chi connectivity index (χ3v) is 6.78. The van der Waals surface area contributed by atoms with Gasteiger partial charge in [-0.25, -0.2) is 14.4 Å². The molecule has 2 N–H and O–H groups in total. The quantitative estimate of drug-likeness (QED) is 0.820. The van der Waals surface area contributed by atoms with Crippen LogP contribution in [0.4, 0.5) is 4.39 Å². The molecule has 30 heavy (non-hydrogen) atoms. The van der Waals surface area contributed by atoms with Crippen molar-refractivity contribution in [2.45, 2.75) is 51.2 Å². The molecular weight excluding hydrogens is 383 g/mol. The van der Waals surface area contributed by atoms with E-state index in [-0.39, 0.29) is 12.0 Å². The number of ether oxygens (including phenoxy) is 1. The normalized spacial score (nSPS) is 26.8. The number of halogens is 1. The van der Waals surface area contributed by atoms with Crippen LogP contribution in [0.3, 0.4) is 0 Å². The monoisotopic (exact) mass is 414 g/mol. The molecule has 0 saturated heterocycles. The van der Waals surface area contributed by atoms with Gasteiger partial charge in [-0.1, -0.05) is 6.07 Å². The van der Waals surface area contributed by atoms with Crippen molar-refractivity contribution in [1.29, 1.82) is 0 Å². The van der Waals surface area contributed by atoms with Crippen LogP contribution in [-0.2, 0) is 17.7 Å². The highest BCUT2D eigenvalue weighted by molar-refractivity contribution is 5.78. The summed E-state index contributed by atoms with van der Waals surface area (Å²) < 4.78 is 24.3. The number of hydrogen-bond donors (Lipinski definition) is 1. The Morgan fingerprint density at radius 1 is 1.27 bits per heavy atom. The van der Waals surface area contributed by atoms with Gasteiger partial charge in [0.1, 0.15) is 12.9 Å².